The molecule has 0 aliphatic carbocycles. The Morgan fingerprint density at radius 2 is 1.15 bits per heavy atom. The number of benzene rings is 2. The fourth-order valence-electron chi connectivity index (χ4n) is 1.77. The smallest absolute Gasteiger partial charge is 0.249 e. The van der Waals surface area contributed by atoms with Gasteiger partial charge in [-0.1, -0.05) is 58.5 Å². The van der Waals surface area contributed by atoms with Crippen molar-refractivity contribution in [2.24, 2.45) is 10.2 Å². The first-order valence-electron chi connectivity index (χ1n) is 7.39. The molecule has 2 aromatic rings. The van der Waals surface area contributed by atoms with Gasteiger partial charge in [-0.25, -0.2) is 10.9 Å². The lowest BCUT2D eigenvalue weighted by molar-refractivity contribution is -0.129. The Hall–Kier alpha value is -2.12. The predicted molar refractivity (Wildman–Crippen MR) is 109 cm³/mol. The Balaban J connectivity index is 1.78. The summed E-state index contributed by atoms with van der Waals surface area (Å²) in [6, 6.07) is 9.73. The van der Waals surface area contributed by atoms with Gasteiger partial charge in [0.1, 0.15) is 6.42 Å². The van der Waals surface area contributed by atoms with Crippen molar-refractivity contribution in [3.8, 4) is 0 Å². The van der Waals surface area contributed by atoms with Crippen molar-refractivity contribution in [3.63, 3.8) is 0 Å². The van der Waals surface area contributed by atoms with Gasteiger partial charge in [-0.2, -0.15) is 10.2 Å². The van der Waals surface area contributed by atoms with Crippen LogP contribution in [-0.4, -0.2) is 24.2 Å². The summed E-state index contributed by atoms with van der Waals surface area (Å²) < 4.78 is 0. The van der Waals surface area contributed by atoms with E-state index in [1.54, 1.807) is 36.4 Å². The van der Waals surface area contributed by atoms with Crippen LogP contribution in [0, 0.1) is 0 Å². The fourth-order valence-corrected chi connectivity index (χ4v) is 2.38. The van der Waals surface area contributed by atoms with E-state index in [1.807, 2.05) is 0 Å². The van der Waals surface area contributed by atoms with Crippen LogP contribution in [0.2, 0.25) is 20.1 Å². The molecule has 27 heavy (non-hydrogen) atoms. The van der Waals surface area contributed by atoms with Gasteiger partial charge in [0, 0.05) is 0 Å². The average molecular weight is 446 g/mol. The number of carbonyl (C=O) groups is 2. The summed E-state index contributed by atoms with van der Waals surface area (Å²) in [5.41, 5.74) is 5.73. The molecule has 0 saturated carbocycles. The normalized spacial score (nSPS) is 11.1. The highest BCUT2D eigenvalue weighted by atomic mass is 35.5. The van der Waals surface area contributed by atoms with E-state index < -0.39 is 18.2 Å². The maximum Gasteiger partial charge on any atom is 0.249 e. The van der Waals surface area contributed by atoms with Crippen molar-refractivity contribution in [2.75, 3.05) is 0 Å². The zero-order chi connectivity index (χ0) is 19.8. The molecule has 0 fully saturated rings. The van der Waals surface area contributed by atoms with E-state index in [9.17, 15) is 9.59 Å². The molecule has 0 spiro atoms. The standard InChI is InChI=1S/C17H12Cl4N4O2/c18-12-3-1-10(5-14(12)20)8-22-24-16(26)7-17(27)25-23-9-11-2-4-13(19)15(21)6-11/h1-6,8-9H,7H2,(H,24,26)(H,25,27)/b22-8+,23-9+. The Bertz CT molecular complexity index is 842. The Morgan fingerprint density at radius 1 is 0.741 bits per heavy atom. The van der Waals surface area contributed by atoms with Gasteiger partial charge in [-0.05, 0) is 35.4 Å². The van der Waals surface area contributed by atoms with Gasteiger partial charge in [0.25, 0.3) is 0 Å². The van der Waals surface area contributed by atoms with Crippen molar-refractivity contribution in [2.45, 2.75) is 6.42 Å². The van der Waals surface area contributed by atoms with Crippen LogP contribution in [0.15, 0.2) is 46.6 Å². The minimum atomic E-state index is -0.603. The highest BCUT2D eigenvalue weighted by molar-refractivity contribution is 6.42. The molecular weight excluding hydrogens is 434 g/mol. The zero-order valence-corrected chi connectivity index (χ0v) is 16.6. The monoisotopic (exact) mass is 444 g/mol. The second-order valence-corrected chi connectivity index (χ2v) is 6.74. The molecule has 0 radical (unpaired) electrons. The number of hydrogen-bond acceptors (Lipinski definition) is 4. The molecule has 2 amide bonds. The van der Waals surface area contributed by atoms with E-state index in [-0.39, 0.29) is 0 Å². The van der Waals surface area contributed by atoms with Crippen LogP contribution < -0.4 is 10.9 Å². The largest absolute Gasteiger partial charge is 0.273 e. The van der Waals surface area contributed by atoms with E-state index in [4.69, 9.17) is 46.4 Å². The molecule has 0 aliphatic rings. The molecule has 0 aromatic heterocycles. The van der Waals surface area contributed by atoms with E-state index in [1.165, 1.54) is 12.4 Å². The van der Waals surface area contributed by atoms with Gasteiger partial charge in [0.15, 0.2) is 0 Å². The molecule has 2 N–H and O–H groups in total. The number of halogens is 4. The molecule has 0 heterocycles. The Morgan fingerprint density at radius 3 is 1.52 bits per heavy atom. The zero-order valence-electron chi connectivity index (χ0n) is 13.5. The third-order valence-electron chi connectivity index (χ3n) is 3.01. The van der Waals surface area contributed by atoms with Crippen LogP contribution in [-0.2, 0) is 9.59 Å². The third-order valence-corrected chi connectivity index (χ3v) is 4.49. The second-order valence-electron chi connectivity index (χ2n) is 5.11. The highest BCUT2D eigenvalue weighted by Crippen LogP contribution is 2.22. The first-order valence-corrected chi connectivity index (χ1v) is 8.90. The number of hydrazone groups is 2. The van der Waals surface area contributed by atoms with Crippen molar-refractivity contribution >= 4 is 70.6 Å². The third kappa shape index (κ3) is 7.19. The van der Waals surface area contributed by atoms with Gasteiger partial charge in [0.2, 0.25) is 11.8 Å². The molecule has 10 heteroatoms. The molecule has 2 rings (SSSR count). The maximum absolute atomic E-state index is 11.7. The lowest BCUT2D eigenvalue weighted by atomic mass is 10.2. The van der Waals surface area contributed by atoms with Crippen LogP contribution in [0.3, 0.4) is 0 Å². The van der Waals surface area contributed by atoms with Gasteiger partial charge in [-0.15, -0.1) is 0 Å². The van der Waals surface area contributed by atoms with Crippen LogP contribution in [0.25, 0.3) is 0 Å². The topological polar surface area (TPSA) is 82.9 Å². The highest BCUT2D eigenvalue weighted by Gasteiger charge is 2.07. The molecule has 0 unspecified atom stereocenters. The van der Waals surface area contributed by atoms with Crippen LogP contribution in [0.4, 0.5) is 0 Å². The number of nitrogens with zero attached hydrogens (tertiary/aromatic N) is 2. The van der Waals surface area contributed by atoms with E-state index >= 15 is 0 Å². The molecule has 0 saturated heterocycles. The number of hydrogen-bond donors (Lipinski definition) is 2. The van der Waals surface area contributed by atoms with Crippen LogP contribution >= 0.6 is 46.4 Å². The Labute approximate surface area is 175 Å². The van der Waals surface area contributed by atoms with Gasteiger partial charge in [0.05, 0.1) is 32.5 Å². The number of carbonyl (C=O) groups excluding carboxylic acids is 2. The summed E-state index contributed by atoms with van der Waals surface area (Å²) in [7, 11) is 0. The van der Waals surface area contributed by atoms with E-state index in [2.05, 4.69) is 21.1 Å². The van der Waals surface area contributed by atoms with Crippen LogP contribution in [0.5, 0.6) is 0 Å². The maximum atomic E-state index is 11.7. The van der Waals surface area contributed by atoms with Gasteiger partial charge >= 0.3 is 0 Å². The van der Waals surface area contributed by atoms with Crippen molar-refractivity contribution < 1.29 is 9.59 Å². The van der Waals surface area contributed by atoms with Gasteiger partial charge in [-0.3, -0.25) is 9.59 Å². The second kappa shape index (κ2) is 10.3. The first-order chi connectivity index (χ1) is 12.8. The van der Waals surface area contributed by atoms with Crippen molar-refractivity contribution in [1.29, 1.82) is 0 Å². The van der Waals surface area contributed by atoms with Gasteiger partial charge < -0.3 is 0 Å². The molecule has 0 atom stereocenters. The minimum Gasteiger partial charge on any atom is -0.273 e. The first kappa shape index (κ1) is 21.2. The fraction of sp³-hybridized carbons (Fsp3) is 0.0588. The molecule has 0 bridgehead atoms. The summed E-state index contributed by atoms with van der Waals surface area (Å²) in [6.45, 7) is 0. The predicted octanol–water partition coefficient (Wildman–Crippen LogP) is 4.29. The summed E-state index contributed by atoms with van der Waals surface area (Å²) >= 11 is 23.4. The summed E-state index contributed by atoms with van der Waals surface area (Å²) in [4.78, 5) is 23.3. The summed E-state index contributed by atoms with van der Waals surface area (Å²) in [5, 5.41) is 9.04. The quantitative estimate of drug-likeness (QED) is 0.395. The molecule has 140 valence electrons. The molecule has 6 nitrogen and oxygen atoms in total. The molecular formula is C17H12Cl4N4O2. The minimum absolute atomic E-state index is 0.367. The SMILES string of the molecule is O=C(CC(=O)N/N=C/c1ccc(Cl)c(Cl)c1)N/N=C/c1ccc(Cl)c(Cl)c1. The lowest BCUT2D eigenvalue weighted by Crippen LogP contribution is -2.27. The van der Waals surface area contributed by atoms with Crippen molar-refractivity contribution in [3.05, 3.63) is 67.6 Å². The van der Waals surface area contributed by atoms with E-state index in [0.29, 0.717) is 31.2 Å². The summed E-state index contributed by atoms with van der Waals surface area (Å²) in [6.07, 6.45) is 2.30. The molecule has 2 aromatic carbocycles. The Kier molecular flexibility index (Phi) is 8.06. The number of rotatable bonds is 6. The van der Waals surface area contributed by atoms with Crippen LogP contribution in [0.1, 0.15) is 17.5 Å². The van der Waals surface area contributed by atoms with E-state index in [0.717, 1.165) is 0 Å². The average Bonchev–Trinajstić information content (AvgIpc) is 2.61. The summed E-state index contributed by atoms with van der Waals surface area (Å²) in [5.74, 6) is -1.21. The number of amides is 2. The molecule has 0 aliphatic heterocycles. The lowest BCUT2D eigenvalue weighted by Gasteiger charge is -2.00. The van der Waals surface area contributed by atoms with Crippen molar-refractivity contribution in [1.82, 2.24) is 10.9 Å². The number of nitrogens with one attached hydrogen (secondary N) is 2.